The summed E-state index contributed by atoms with van der Waals surface area (Å²) in [6.07, 6.45) is 1.64. The van der Waals surface area contributed by atoms with E-state index in [0.29, 0.717) is 30.5 Å². The van der Waals surface area contributed by atoms with Crippen LogP contribution < -0.4 is 16.4 Å². The highest BCUT2D eigenvalue weighted by Gasteiger charge is 2.14. The third-order valence-corrected chi connectivity index (χ3v) is 2.84. The molecule has 0 bridgehead atoms. The summed E-state index contributed by atoms with van der Waals surface area (Å²) in [5.74, 6) is 0.422. The molecule has 1 atom stereocenters. The van der Waals surface area contributed by atoms with Gasteiger partial charge in [-0.15, -0.1) is 0 Å². The highest BCUT2D eigenvalue weighted by molar-refractivity contribution is 5.97. The maximum Gasteiger partial charge on any atom is 0.252 e. The molecule has 0 saturated carbocycles. The standard InChI is InChI=1S/C12H18N4O2/c13-11(17)10-2-1-3-15-12(10)16-7-9-6-14-4-5-18-8-9/h1-3,9,14H,4-8H2,(H2,13,17)(H,15,16)/t9-/m1/s1. The molecule has 0 spiro atoms. The smallest absolute Gasteiger partial charge is 0.252 e. The minimum absolute atomic E-state index is 0.357. The first kappa shape index (κ1) is 12.8. The van der Waals surface area contributed by atoms with Crippen LogP contribution in [0.3, 0.4) is 0 Å². The van der Waals surface area contributed by atoms with Gasteiger partial charge in [0.15, 0.2) is 0 Å². The van der Waals surface area contributed by atoms with Crippen LogP contribution in [0.4, 0.5) is 5.82 Å². The number of hydrogen-bond donors (Lipinski definition) is 3. The quantitative estimate of drug-likeness (QED) is 0.690. The van der Waals surface area contributed by atoms with Crippen LogP contribution in [0.15, 0.2) is 18.3 Å². The van der Waals surface area contributed by atoms with Crippen molar-refractivity contribution in [2.75, 3.05) is 38.2 Å². The number of pyridine rings is 1. The van der Waals surface area contributed by atoms with Gasteiger partial charge < -0.3 is 21.1 Å². The molecule has 0 unspecified atom stereocenters. The van der Waals surface area contributed by atoms with E-state index in [0.717, 1.165) is 19.7 Å². The molecule has 6 heteroatoms. The van der Waals surface area contributed by atoms with E-state index >= 15 is 0 Å². The fourth-order valence-corrected chi connectivity index (χ4v) is 1.88. The molecule has 0 aliphatic carbocycles. The largest absolute Gasteiger partial charge is 0.380 e. The van der Waals surface area contributed by atoms with Gasteiger partial charge >= 0.3 is 0 Å². The van der Waals surface area contributed by atoms with E-state index in [9.17, 15) is 4.79 Å². The Morgan fingerprint density at radius 2 is 2.56 bits per heavy atom. The molecule has 1 aliphatic heterocycles. The number of carbonyl (C=O) groups excluding carboxylic acids is 1. The number of ether oxygens (including phenoxy) is 1. The zero-order chi connectivity index (χ0) is 12.8. The lowest BCUT2D eigenvalue weighted by molar-refractivity contribution is 0.100. The molecule has 1 aliphatic rings. The lowest BCUT2D eigenvalue weighted by Gasteiger charge is -2.15. The zero-order valence-electron chi connectivity index (χ0n) is 10.2. The van der Waals surface area contributed by atoms with E-state index in [1.54, 1.807) is 18.3 Å². The summed E-state index contributed by atoms with van der Waals surface area (Å²) in [6, 6.07) is 3.36. The van der Waals surface area contributed by atoms with Gasteiger partial charge in [-0.2, -0.15) is 0 Å². The Hall–Kier alpha value is -1.66. The van der Waals surface area contributed by atoms with Crippen LogP contribution in [0.2, 0.25) is 0 Å². The highest BCUT2D eigenvalue weighted by Crippen LogP contribution is 2.11. The summed E-state index contributed by atoms with van der Waals surface area (Å²) in [5, 5.41) is 6.45. The number of carbonyl (C=O) groups is 1. The van der Waals surface area contributed by atoms with Crippen LogP contribution in [-0.2, 0) is 4.74 Å². The average Bonchev–Trinajstić information content (AvgIpc) is 2.65. The Morgan fingerprint density at radius 3 is 3.39 bits per heavy atom. The first-order valence-electron chi connectivity index (χ1n) is 6.04. The lowest BCUT2D eigenvalue weighted by Crippen LogP contribution is -2.29. The molecule has 1 amide bonds. The monoisotopic (exact) mass is 250 g/mol. The van der Waals surface area contributed by atoms with Gasteiger partial charge in [-0.1, -0.05) is 0 Å². The van der Waals surface area contributed by atoms with Crippen LogP contribution in [0.5, 0.6) is 0 Å². The molecule has 2 rings (SSSR count). The maximum absolute atomic E-state index is 11.2. The Balaban J connectivity index is 1.94. The summed E-state index contributed by atoms with van der Waals surface area (Å²) >= 11 is 0. The minimum Gasteiger partial charge on any atom is -0.380 e. The van der Waals surface area contributed by atoms with E-state index in [-0.39, 0.29) is 0 Å². The molecule has 1 fully saturated rings. The van der Waals surface area contributed by atoms with E-state index in [2.05, 4.69) is 15.6 Å². The molecular weight excluding hydrogens is 232 g/mol. The molecule has 0 aromatic carbocycles. The molecule has 98 valence electrons. The van der Waals surface area contributed by atoms with Gasteiger partial charge in [0.25, 0.3) is 5.91 Å². The fraction of sp³-hybridized carbons (Fsp3) is 0.500. The second kappa shape index (κ2) is 6.32. The SMILES string of the molecule is NC(=O)c1cccnc1NC[C@H]1CNCCOC1. The van der Waals surface area contributed by atoms with Gasteiger partial charge in [-0.3, -0.25) is 4.79 Å². The van der Waals surface area contributed by atoms with Gasteiger partial charge in [0, 0.05) is 31.7 Å². The number of primary amides is 1. The van der Waals surface area contributed by atoms with Crippen molar-refractivity contribution in [3.8, 4) is 0 Å². The van der Waals surface area contributed by atoms with Crippen LogP contribution in [0, 0.1) is 5.92 Å². The van der Waals surface area contributed by atoms with Gasteiger partial charge in [0.2, 0.25) is 0 Å². The first-order valence-corrected chi connectivity index (χ1v) is 6.04. The second-order valence-electron chi connectivity index (χ2n) is 4.29. The molecular formula is C12H18N4O2. The van der Waals surface area contributed by atoms with Crippen LogP contribution >= 0.6 is 0 Å². The number of rotatable bonds is 4. The molecule has 2 heterocycles. The molecule has 18 heavy (non-hydrogen) atoms. The number of aromatic nitrogens is 1. The van der Waals surface area contributed by atoms with E-state index in [4.69, 9.17) is 10.5 Å². The second-order valence-corrected chi connectivity index (χ2v) is 4.29. The molecule has 1 aromatic rings. The van der Waals surface area contributed by atoms with Crippen molar-refractivity contribution >= 4 is 11.7 Å². The van der Waals surface area contributed by atoms with Crippen molar-refractivity contribution in [2.24, 2.45) is 11.7 Å². The third kappa shape index (κ3) is 3.41. The predicted octanol–water partition coefficient (Wildman–Crippen LogP) is -0.172. The number of hydrogen-bond acceptors (Lipinski definition) is 5. The number of amides is 1. The van der Waals surface area contributed by atoms with Crippen LogP contribution in [0.1, 0.15) is 10.4 Å². The van der Waals surface area contributed by atoms with Crippen molar-refractivity contribution < 1.29 is 9.53 Å². The van der Waals surface area contributed by atoms with Crippen molar-refractivity contribution in [1.82, 2.24) is 10.3 Å². The van der Waals surface area contributed by atoms with Crippen LogP contribution in [0.25, 0.3) is 0 Å². The molecule has 1 saturated heterocycles. The van der Waals surface area contributed by atoms with E-state index in [1.807, 2.05) is 0 Å². The van der Waals surface area contributed by atoms with E-state index in [1.165, 1.54) is 0 Å². The fourth-order valence-electron chi connectivity index (χ4n) is 1.88. The highest BCUT2D eigenvalue weighted by atomic mass is 16.5. The summed E-state index contributed by atoms with van der Waals surface area (Å²) in [4.78, 5) is 15.4. The molecule has 0 radical (unpaired) electrons. The topological polar surface area (TPSA) is 89.3 Å². The molecule has 4 N–H and O–H groups in total. The van der Waals surface area contributed by atoms with Gasteiger partial charge in [-0.25, -0.2) is 4.98 Å². The van der Waals surface area contributed by atoms with Crippen LogP contribution in [-0.4, -0.2) is 43.7 Å². The van der Waals surface area contributed by atoms with Gasteiger partial charge in [0.1, 0.15) is 5.82 Å². The summed E-state index contributed by atoms with van der Waals surface area (Å²) in [5.41, 5.74) is 5.71. The number of nitrogens with zero attached hydrogens (tertiary/aromatic N) is 1. The predicted molar refractivity (Wildman–Crippen MR) is 68.4 cm³/mol. The Labute approximate surface area is 106 Å². The summed E-state index contributed by atoms with van der Waals surface area (Å²) in [6.45, 7) is 3.92. The number of anilines is 1. The molecule has 1 aromatic heterocycles. The first-order chi connectivity index (χ1) is 8.77. The van der Waals surface area contributed by atoms with Crippen molar-refractivity contribution in [3.63, 3.8) is 0 Å². The Bertz CT molecular complexity index is 403. The van der Waals surface area contributed by atoms with Gasteiger partial charge in [-0.05, 0) is 12.1 Å². The zero-order valence-corrected chi connectivity index (χ0v) is 10.2. The Morgan fingerprint density at radius 1 is 1.67 bits per heavy atom. The summed E-state index contributed by atoms with van der Waals surface area (Å²) in [7, 11) is 0. The summed E-state index contributed by atoms with van der Waals surface area (Å²) < 4.78 is 5.46. The number of nitrogens with two attached hydrogens (primary N) is 1. The maximum atomic E-state index is 11.2. The van der Waals surface area contributed by atoms with Crippen molar-refractivity contribution in [2.45, 2.75) is 0 Å². The van der Waals surface area contributed by atoms with E-state index < -0.39 is 5.91 Å². The van der Waals surface area contributed by atoms with Crippen molar-refractivity contribution in [3.05, 3.63) is 23.9 Å². The Kier molecular flexibility index (Phi) is 4.49. The average molecular weight is 250 g/mol. The molecule has 6 nitrogen and oxygen atoms in total. The minimum atomic E-state index is -0.471. The lowest BCUT2D eigenvalue weighted by atomic mass is 10.1. The normalized spacial score (nSPS) is 20.1. The third-order valence-electron chi connectivity index (χ3n) is 2.84. The van der Waals surface area contributed by atoms with Crippen molar-refractivity contribution in [1.29, 1.82) is 0 Å². The van der Waals surface area contributed by atoms with Gasteiger partial charge in [0.05, 0.1) is 18.8 Å². The number of nitrogens with one attached hydrogen (secondary N) is 2.